The smallest absolute Gasteiger partial charge is 0.119 e. The minimum atomic E-state index is 0.431. The van der Waals surface area contributed by atoms with E-state index in [4.69, 9.17) is 9.47 Å². The first-order valence-electron chi connectivity index (χ1n) is 7.12. The summed E-state index contributed by atoms with van der Waals surface area (Å²) in [4.78, 5) is 0. The first-order valence-corrected chi connectivity index (χ1v) is 7.12. The van der Waals surface area contributed by atoms with Gasteiger partial charge in [0.15, 0.2) is 0 Å². The van der Waals surface area contributed by atoms with Crippen LogP contribution in [0.4, 0.5) is 0 Å². The lowest BCUT2D eigenvalue weighted by atomic mass is 9.87. The van der Waals surface area contributed by atoms with Crippen molar-refractivity contribution in [1.82, 2.24) is 5.32 Å². The van der Waals surface area contributed by atoms with Crippen molar-refractivity contribution in [3.05, 3.63) is 24.3 Å². The van der Waals surface area contributed by atoms with Crippen molar-refractivity contribution in [1.29, 1.82) is 0 Å². The van der Waals surface area contributed by atoms with E-state index in [2.05, 4.69) is 19.2 Å². The van der Waals surface area contributed by atoms with Gasteiger partial charge in [0.05, 0.1) is 7.11 Å². The molecule has 1 fully saturated rings. The van der Waals surface area contributed by atoms with E-state index >= 15 is 0 Å². The van der Waals surface area contributed by atoms with Crippen molar-refractivity contribution >= 4 is 0 Å². The molecule has 1 aliphatic carbocycles. The predicted octanol–water partition coefficient (Wildman–Crippen LogP) is 3.24. The fourth-order valence-electron chi connectivity index (χ4n) is 2.78. The van der Waals surface area contributed by atoms with Gasteiger partial charge in [-0.05, 0) is 42.5 Å². The predicted molar refractivity (Wildman–Crippen MR) is 77.9 cm³/mol. The highest BCUT2D eigenvalue weighted by atomic mass is 16.5. The number of ether oxygens (including phenoxy) is 2. The molecule has 2 rings (SSSR count). The maximum absolute atomic E-state index is 5.72. The van der Waals surface area contributed by atoms with E-state index in [9.17, 15) is 0 Å². The molecule has 1 aromatic carbocycles. The summed E-state index contributed by atoms with van der Waals surface area (Å²) in [5, 5.41) is 3.61. The Hall–Kier alpha value is -1.22. The molecule has 0 aromatic heterocycles. The van der Waals surface area contributed by atoms with Crippen molar-refractivity contribution in [3.63, 3.8) is 0 Å². The first kappa shape index (κ1) is 14.2. The summed E-state index contributed by atoms with van der Waals surface area (Å²) in [5.41, 5.74) is 0.431. The molecule has 3 nitrogen and oxygen atoms in total. The zero-order valence-corrected chi connectivity index (χ0v) is 12.2. The fraction of sp³-hybridized carbons (Fsp3) is 0.625. The second-order valence-electron chi connectivity index (χ2n) is 5.91. The van der Waals surface area contributed by atoms with Crippen LogP contribution in [0.15, 0.2) is 24.3 Å². The van der Waals surface area contributed by atoms with Gasteiger partial charge < -0.3 is 14.8 Å². The van der Waals surface area contributed by atoms with Crippen LogP contribution in [0, 0.1) is 5.41 Å². The van der Waals surface area contributed by atoms with Crippen LogP contribution in [0.25, 0.3) is 0 Å². The summed E-state index contributed by atoms with van der Waals surface area (Å²) < 4.78 is 10.8. The Morgan fingerprint density at radius 3 is 2.47 bits per heavy atom. The van der Waals surface area contributed by atoms with Gasteiger partial charge >= 0.3 is 0 Å². The SMILES string of the molecule is COc1ccc(OCCNC2CCCC2(C)C)cc1. The van der Waals surface area contributed by atoms with E-state index in [-0.39, 0.29) is 0 Å². The Morgan fingerprint density at radius 1 is 1.21 bits per heavy atom. The van der Waals surface area contributed by atoms with Crippen LogP contribution in [0.1, 0.15) is 33.1 Å². The number of rotatable bonds is 6. The summed E-state index contributed by atoms with van der Waals surface area (Å²) in [6.07, 6.45) is 3.95. The maximum atomic E-state index is 5.72. The van der Waals surface area contributed by atoms with Gasteiger partial charge in [-0.15, -0.1) is 0 Å². The summed E-state index contributed by atoms with van der Waals surface area (Å²) in [5.74, 6) is 1.76. The van der Waals surface area contributed by atoms with Crippen LogP contribution in [0.5, 0.6) is 11.5 Å². The van der Waals surface area contributed by atoms with Gasteiger partial charge in [-0.1, -0.05) is 20.3 Å². The number of methoxy groups -OCH3 is 1. The van der Waals surface area contributed by atoms with Gasteiger partial charge in [0.25, 0.3) is 0 Å². The second-order valence-corrected chi connectivity index (χ2v) is 5.91. The molecule has 0 aliphatic heterocycles. The van der Waals surface area contributed by atoms with Crippen molar-refractivity contribution in [2.45, 2.75) is 39.2 Å². The third kappa shape index (κ3) is 3.87. The molecule has 0 bridgehead atoms. The van der Waals surface area contributed by atoms with E-state index in [1.807, 2.05) is 24.3 Å². The lowest BCUT2D eigenvalue weighted by Crippen LogP contribution is -2.39. The number of hydrogen-bond acceptors (Lipinski definition) is 3. The van der Waals surface area contributed by atoms with Crippen LogP contribution in [-0.4, -0.2) is 26.3 Å². The average molecular weight is 263 g/mol. The number of nitrogens with one attached hydrogen (secondary N) is 1. The third-order valence-electron chi connectivity index (χ3n) is 4.08. The molecular formula is C16H25NO2. The molecule has 3 heteroatoms. The largest absolute Gasteiger partial charge is 0.497 e. The Labute approximate surface area is 116 Å². The van der Waals surface area contributed by atoms with Gasteiger partial charge in [0, 0.05) is 12.6 Å². The monoisotopic (exact) mass is 263 g/mol. The Kier molecular flexibility index (Phi) is 4.70. The van der Waals surface area contributed by atoms with E-state index in [1.54, 1.807) is 7.11 Å². The molecule has 0 saturated heterocycles. The highest BCUT2D eigenvalue weighted by molar-refractivity contribution is 5.31. The first-order chi connectivity index (χ1) is 9.12. The van der Waals surface area contributed by atoms with Crippen molar-refractivity contribution in [2.75, 3.05) is 20.3 Å². The molecule has 1 saturated carbocycles. The minimum absolute atomic E-state index is 0.431. The average Bonchev–Trinajstić information content (AvgIpc) is 2.74. The molecule has 1 N–H and O–H groups in total. The molecule has 106 valence electrons. The fourth-order valence-corrected chi connectivity index (χ4v) is 2.78. The lowest BCUT2D eigenvalue weighted by Gasteiger charge is -2.27. The van der Waals surface area contributed by atoms with Crippen LogP contribution in [-0.2, 0) is 0 Å². The summed E-state index contributed by atoms with van der Waals surface area (Å²) in [6, 6.07) is 8.36. The summed E-state index contributed by atoms with van der Waals surface area (Å²) in [7, 11) is 1.67. The van der Waals surface area contributed by atoms with Crippen molar-refractivity contribution in [2.24, 2.45) is 5.41 Å². The normalized spacial score (nSPS) is 21.3. The minimum Gasteiger partial charge on any atom is -0.497 e. The van der Waals surface area contributed by atoms with Crippen molar-refractivity contribution in [3.8, 4) is 11.5 Å². The zero-order chi connectivity index (χ0) is 13.7. The maximum Gasteiger partial charge on any atom is 0.119 e. The molecule has 0 spiro atoms. The third-order valence-corrected chi connectivity index (χ3v) is 4.08. The van der Waals surface area contributed by atoms with Gasteiger partial charge in [-0.25, -0.2) is 0 Å². The van der Waals surface area contributed by atoms with E-state index in [0.29, 0.717) is 18.1 Å². The Balaban J connectivity index is 1.69. The number of hydrogen-bond donors (Lipinski definition) is 1. The Bertz CT molecular complexity index is 386. The molecule has 1 aliphatic rings. The van der Waals surface area contributed by atoms with E-state index < -0.39 is 0 Å². The molecule has 0 radical (unpaired) electrons. The molecule has 0 heterocycles. The van der Waals surface area contributed by atoms with Crippen LogP contribution in [0.2, 0.25) is 0 Å². The topological polar surface area (TPSA) is 30.5 Å². The standard InChI is InChI=1S/C16H25NO2/c1-16(2)10-4-5-15(16)17-11-12-19-14-8-6-13(18-3)7-9-14/h6-9,15,17H,4-5,10-12H2,1-3H3. The highest BCUT2D eigenvalue weighted by Crippen LogP contribution is 2.36. The molecule has 1 unspecified atom stereocenters. The van der Waals surface area contributed by atoms with Crippen LogP contribution < -0.4 is 14.8 Å². The molecule has 1 atom stereocenters. The summed E-state index contributed by atoms with van der Waals surface area (Å²) in [6.45, 7) is 6.31. The molecule has 1 aromatic rings. The molecule has 0 amide bonds. The summed E-state index contributed by atoms with van der Waals surface area (Å²) >= 11 is 0. The number of benzene rings is 1. The van der Waals surface area contributed by atoms with Gasteiger partial charge in [-0.2, -0.15) is 0 Å². The van der Waals surface area contributed by atoms with E-state index in [1.165, 1.54) is 19.3 Å². The second kappa shape index (κ2) is 6.29. The lowest BCUT2D eigenvalue weighted by molar-refractivity contribution is 0.253. The van der Waals surface area contributed by atoms with Gasteiger partial charge in [-0.3, -0.25) is 0 Å². The van der Waals surface area contributed by atoms with Gasteiger partial charge in [0.2, 0.25) is 0 Å². The van der Waals surface area contributed by atoms with Crippen molar-refractivity contribution < 1.29 is 9.47 Å². The van der Waals surface area contributed by atoms with E-state index in [0.717, 1.165) is 18.0 Å². The quantitative estimate of drug-likeness (QED) is 0.799. The van der Waals surface area contributed by atoms with Gasteiger partial charge in [0.1, 0.15) is 18.1 Å². The molecule has 19 heavy (non-hydrogen) atoms. The van der Waals surface area contributed by atoms with Crippen LogP contribution >= 0.6 is 0 Å². The zero-order valence-electron chi connectivity index (χ0n) is 12.2. The van der Waals surface area contributed by atoms with Crippen LogP contribution in [0.3, 0.4) is 0 Å². The Morgan fingerprint density at radius 2 is 1.89 bits per heavy atom. The molecular weight excluding hydrogens is 238 g/mol. The highest BCUT2D eigenvalue weighted by Gasteiger charge is 2.33.